The van der Waals surface area contributed by atoms with E-state index < -0.39 is 10.4 Å². The standard InChI is InChI=1S/C24H50O4S.K/c1-3-5-7-9-11-13-14-16-18-20-22-24(23-28-29(25,26)27)21-19-17-15-12-10-8-6-4-2;/h24H,3-23H2,1-2H3,(H,25,26,27);/q;+1/p-1. The van der Waals surface area contributed by atoms with E-state index in [0.717, 1.165) is 25.7 Å². The summed E-state index contributed by atoms with van der Waals surface area (Å²) in [7, 11) is -4.57. The second-order valence-electron chi connectivity index (χ2n) is 8.79. The third-order valence-electron chi connectivity index (χ3n) is 5.88. The summed E-state index contributed by atoms with van der Waals surface area (Å²) in [6.45, 7) is 4.55. The summed E-state index contributed by atoms with van der Waals surface area (Å²) < 4.78 is 37.0. The fourth-order valence-electron chi connectivity index (χ4n) is 3.98. The molecule has 0 saturated heterocycles. The first-order valence-electron chi connectivity index (χ1n) is 12.6. The Morgan fingerprint density at radius 3 is 1.20 bits per heavy atom. The van der Waals surface area contributed by atoms with Crippen molar-refractivity contribution in [3.63, 3.8) is 0 Å². The molecule has 0 fully saturated rings. The minimum Gasteiger partial charge on any atom is -0.726 e. The molecule has 0 aliphatic rings. The molecule has 0 bridgehead atoms. The van der Waals surface area contributed by atoms with E-state index in [9.17, 15) is 13.0 Å². The summed E-state index contributed by atoms with van der Waals surface area (Å²) in [5.41, 5.74) is 0. The summed E-state index contributed by atoms with van der Waals surface area (Å²) >= 11 is 0. The average Bonchev–Trinajstić information content (AvgIpc) is 2.68. The number of rotatable bonds is 23. The van der Waals surface area contributed by atoms with Gasteiger partial charge >= 0.3 is 51.4 Å². The van der Waals surface area contributed by atoms with Crippen molar-refractivity contribution in [3.8, 4) is 0 Å². The fraction of sp³-hybridized carbons (Fsp3) is 1.00. The zero-order chi connectivity index (χ0) is 21.6. The Labute approximate surface area is 231 Å². The largest absolute Gasteiger partial charge is 1.00 e. The van der Waals surface area contributed by atoms with Crippen LogP contribution in [0.1, 0.15) is 142 Å². The van der Waals surface area contributed by atoms with Crippen molar-refractivity contribution in [1.29, 1.82) is 0 Å². The van der Waals surface area contributed by atoms with E-state index in [-0.39, 0.29) is 63.9 Å². The first-order chi connectivity index (χ1) is 14.0. The topological polar surface area (TPSA) is 66.4 Å². The maximum Gasteiger partial charge on any atom is 1.00 e. The van der Waals surface area contributed by atoms with Gasteiger partial charge in [-0.3, -0.25) is 4.18 Å². The van der Waals surface area contributed by atoms with Gasteiger partial charge in [0.15, 0.2) is 0 Å². The monoisotopic (exact) mass is 472 g/mol. The first kappa shape index (κ1) is 33.7. The molecule has 6 heteroatoms. The Bertz CT molecular complexity index is 429. The van der Waals surface area contributed by atoms with Gasteiger partial charge < -0.3 is 4.55 Å². The van der Waals surface area contributed by atoms with Gasteiger partial charge in [-0.05, 0) is 18.8 Å². The van der Waals surface area contributed by atoms with Crippen molar-refractivity contribution in [2.75, 3.05) is 6.61 Å². The minimum absolute atomic E-state index is 0. The van der Waals surface area contributed by atoms with Gasteiger partial charge in [-0.25, -0.2) is 8.42 Å². The van der Waals surface area contributed by atoms with Gasteiger partial charge in [0.2, 0.25) is 10.4 Å². The van der Waals surface area contributed by atoms with Crippen LogP contribution >= 0.6 is 0 Å². The number of hydrogen-bond acceptors (Lipinski definition) is 4. The third kappa shape index (κ3) is 27.5. The predicted molar refractivity (Wildman–Crippen MR) is 123 cm³/mol. The summed E-state index contributed by atoms with van der Waals surface area (Å²) in [5.74, 6) is 0.202. The summed E-state index contributed by atoms with van der Waals surface area (Å²) in [4.78, 5) is 0. The van der Waals surface area contributed by atoms with E-state index in [4.69, 9.17) is 0 Å². The second-order valence-corrected chi connectivity index (χ2v) is 9.85. The molecule has 0 rings (SSSR count). The Hall–Kier alpha value is 1.51. The quantitative estimate of drug-likeness (QED) is 0.0915. The van der Waals surface area contributed by atoms with Crippen LogP contribution in [0.25, 0.3) is 0 Å². The maximum atomic E-state index is 10.8. The minimum atomic E-state index is -4.57. The molecule has 0 heterocycles. The van der Waals surface area contributed by atoms with Crippen molar-refractivity contribution in [2.24, 2.45) is 5.92 Å². The molecule has 30 heavy (non-hydrogen) atoms. The molecule has 0 spiro atoms. The zero-order valence-electron chi connectivity index (χ0n) is 20.5. The van der Waals surface area contributed by atoms with Crippen molar-refractivity contribution in [3.05, 3.63) is 0 Å². The molecule has 176 valence electrons. The molecule has 0 aromatic carbocycles. The van der Waals surface area contributed by atoms with Crippen LogP contribution in [0.15, 0.2) is 0 Å². The predicted octanol–water partition coefficient (Wildman–Crippen LogP) is 4.93. The zero-order valence-corrected chi connectivity index (χ0v) is 24.4. The molecule has 0 aliphatic heterocycles. The van der Waals surface area contributed by atoms with Crippen LogP contribution in [0.5, 0.6) is 0 Å². The molecule has 0 N–H and O–H groups in total. The van der Waals surface area contributed by atoms with Crippen LogP contribution in [0, 0.1) is 5.92 Å². The molecule has 4 nitrogen and oxygen atoms in total. The Kier molecular flexibility index (Phi) is 28.2. The van der Waals surface area contributed by atoms with Gasteiger partial charge in [0.25, 0.3) is 0 Å². The molecule has 0 radical (unpaired) electrons. The SMILES string of the molecule is CCCCCCCCCCCCC(CCCCCCCCCC)COS(=O)(=O)[O-].[K+]. The number of unbranched alkanes of at least 4 members (excludes halogenated alkanes) is 16. The van der Waals surface area contributed by atoms with Crippen molar-refractivity contribution in [2.45, 2.75) is 142 Å². The molecule has 0 aliphatic carbocycles. The molecular formula is C24H49KO4S. The maximum absolute atomic E-state index is 10.8. The van der Waals surface area contributed by atoms with Crippen LogP contribution in [0.2, 0.25) is 0 Å². The Morgan fingerprint density at radius 2 is 0.900 bits per heavy atom. The van der Waals surface area contributed by atoms with Crippen molar-refractivity contribution in [1.82, 2.24) is 0 Å². The van der Waals surface area contributed by atoms with Crippen LogP contribution in [-0.2, 0) is 14.6 Å². The van der Waals surface area contributed by atoms with Gasteiger partial charge in [0, 0.05) is 0 Å². The van der Waals surface area contributed by atoms with Gasteiger partial charge in [-0.1, -0.05) is 129 Å². The Balaban J connectivity index is 0. The molecule has 0 aromatic heterocycles. The molecule has 0 saturated carbocycles. The number of hydrogen-bond donors (Lipinski definition) is 0. The molecule has 0 aromatic rings. The molecule has 1 atom stereocenters. The second kappa shape index (κ2) is 25.1. The smallest absolute Gasteiger partial charge is 0.726 e. The van der Waals surface area contributed by atoms with E-state index in [1.54, 1.807) is 0 Å². The van der Waals surface area contributed by atoms with E-state index in [1.165, 1.54) is 103 Å². The third-order valence-corrected chi connectivity index (χ3v) is 6.30. The molecule has 0 amide bonds. The summed E-state index contributed by atoms with van der Waals surface area (Å²) in [6.07, 6.45) is 25.1. The van der Waals surface area contributed by atoms with Gasteiger partial charge in [-0.15, -0.1) is 0 Å². The van der Waals surface area contributed by atoms with E-state index in [0.29, 0.717) is 0 Å². The Morgan fingerprint density at radius 1 is 0.600 bits per heavy atom. The van der Waals surface area contributed by atoms with Gasteiger partial charge in [-0.2, -0.15) is 0 Å². The van der Waals surface area contributed by atoms with Crippen LogP contribution in [-0.4, -0.2) is 19.6 Å². The first-order valence-corrected chi connectivity index (χ1v) is 13.9. The van der Waals surface area contributed by atoms with Crippen LogP contribution in [0.3, 0.4) is 0 Å². The van der Waals surface area contributed by atoms with E-state index >= 15 is 0 Å². The van der Waals surface area contributed by atoms with E-state index in [1.807, 2.05) is 0 Å². The van der Waals surface area contributed by atoms with Crippen LogP contribution in [0.4, 0.5) is 0 Å². The molecular weight excluding hydrogens is 423 g/mol. The van der Waals surface area contributed by atoms with Crippen molar-refractivity contribution >= 4 is 10.4 Å². The normalized spacial score (nSPS) is 12.6. The van der Waals surface area contributed by atoms with Gasteiger partial charge in [0.05, 0.1) is 6.61 Å². The summed E-state index contributed by atoms with van der Waals surface area (Å²) in [6, 6.07) is 0. The van der Waals surface area contributed by atoms with E-state index in [2.05, 4.69) is 18.0 Å². The summed E-state index contributed by atoms with van der Waals surface area (Å²) in [5, 5.41) is 0. The average molecular weight is 473 g/mol. The fourth-order valence-corrected chi connectivity index (χ4v) is 4.34. The molecule has 1 unspecified atom stereocenters. The van der Waals surface area contributed by atoms with Crippen LogP contribution < -0.4 is 51.4 Å². The van der Waals surface area contributed by atoms with Crippen molar-refractivity contribution < 1.29 is 68.5 Å². The van der Waals surface area contributed by atoms with Gasteiger partial charge in [0.1, 0.15) is 0 Å².